The van der Waals surface area contributed by atoms with Crippen molar-refractivity contribution in [2.45, 2.75) is 19.3 Å². The molecule has 104 valence electrons. The van der Waals surface area contributed by atoms with E-state index in [4.69, 9.17) is 4.74 Å². The van der Waals surface area contributed by atoms with E-state index < -0.39 is 35.0 Å². The number of nitrogens with zero attached hydrogens (tertiary/aromatic N) is 1. The number of hydrogen-bond acceptors (Lipinski definition) is 4. The lowest BCUT2D eigenvalue weighted by Gasteiger charge is -2.12. The van der Waals surface area contributed by atoms with Gasteiger partial charge < -0.3 is 4.74 Å². The van der Waals surface area contributed by atoms with Crippen LogP contribution in [-0.2, 0) is 9.53 Å². The molecule has 0 aliphatic rings. The maximum atomic E-state index is 13.1. The summed E-state index contributed by atoms with van der Waals surface area (Å²) < 4.78 is 30.6. The van der Waals surface area contributed by atoms with E-state index in [1.165, 1.54) is 6.07 Å². The first-order chi connectivity index (χ1) is 8.93. The quantitative estimate of drug-likeness (QED) is 0.453. The summed E-state index contributed by atoms with van der Waals surface area (Å²) in [5.74, 6) is -3.60. The zero-order valence-electron chi connectivity index (χ0n) is 10.3. The van der Waals surface area contributed by atoms with Crippen molar-refractivity contribution in [2.24, 2.45) is 0 Å². The summed E-state index contributed by atoms with van der Waals surface area (Å²) in [5.41, 5.74) is 0.198. The molecule has 1 rings (SSSR count). The highest BCUT2D eigenvalue weighted by molar-refractivity contribution is 5.70. The fourth-order valence-corrected chi connectivity index (χ4v) is 1.66. The molecule has 0 amide bonds. The molecule has 1 atom stereocenters. The fourth-order valence-electron chi connectivity index (χ4n) is 1.66. The van der Waals surface area contributed by atoms with Crippen molar-refractivity contribution in [2.75, 3.05) is 13.2 Å². The van der Waals surface area contributed by atoms with Crippen LogP contribution in [-0.4, -0.2) is 24.0 Å². The predicted octanol–water partition coefficient (Wildman–Crippen LogP) is 2.28. The number of carbonyl (C=O) groups excluding carboxylic acids is 1. The lowest BCUT2D eigenvalue weighted by atomic mass is 9.95. The molecule has 0 heterocycles. The second kappa shape index (κ2) is 6.77. The van der Waals surface area contributed by atoms with Gasteiger partial charge in [-0.1, -0.05) is 6.07 Å². The molecule has 0 radical (unpaired) electrons. The van der Waals surface area contributed by atoms with E-state index in [0.717, 1.165) is 12.1 Å². The van der Waals surface area contributed by atoms with E-state index in [1.807, 2.05) is 0 Å². The number of ether oxygens (including phenoxy) is 1. The number of carbonyl (C=O) groups is 1. The second-order valence-electron chi connectivity index (χ2n) is 3.89. The summed E-state index contributed by atoms with van der Waals surface area (Å²) in [5, 5.41) is 10.6. The number of hydrogen-bond donors (Lipinski definition) is 0. The van der Waals surface area contributed by atoms with Gasteiger partial charge in [-0.15, -0.1) is 0 Å². The Kier molecular flexibility index (Phi) is 5.35. The monoisotopic (exact) mass is 273 g/mol. The maximum Gasteiger partial charge on any atom is 0.306 e. The Bertz CT molecular complexity index is 479. The van der Waals surface area contributed by atoms with E-state index in [-0.39, 0.29) is 18.6 Å². The third-order valence-corrected chi connectivity index (χ3v) is 2.50. The second-order valence-corrected chi connectivity index (χ2v) is 3.89. The van der Waals surface area contributed by atoms with Crippen LogP contribution in [0.5, 0.6) is 0 Å². The third-order valence-electron chi connectivity index (χ3n) is 2.50. The van der Waals surface area contributed by atoms with Gasteiger partial charge in [-0.05, 0) is 24.6 Å². The minimum atomic E-state index is -1.10. The van der Waals surface area contributed by atoms with Gasteiger partial charge in [0.05, 0.1) is 18.9 Å². The molecule has 0 saturated carbocycles. The molecular weight excluding hydrogens is 260 g/mol. The van der Waals surface area contributed by atoms with Crippen molar-refractivity contribution in [3.63, 3.8) is 0 Å². The Morgan fingerprint density at radius 1 is 1.42 bits per heavy atom. The van der Waals surface area contributed by atoms with Crippen molar-refractivity contribution >= 4 is 5.97 Å². The molecule has 0 aromatic heterocycles. The fraction of sp³-hybridized carbons (Fsp3) is 0.417. The molecule has 5 nitrogen and oxygen atoms in total. The third kappa shape index (κ3) is 4.61. The first-order valence-corrected chi connectivity index (χ1v) is 5.66. The average molecular weight is 273 g/mol. The summed E-state index contributed by atoms with van der Waals surface area (Å²) in [4.78, 5) is 21.3. The van der Waals surface area contributed by atoms with Gasteiger partial charge in [-0.25, -0.2) is 8.78 Å². The zero-order chi connectivity index (χ0) is 14.4. The molecule has 1 unspecified atom stereocenters. The Hall–Kier alpha value is -2.05. The van der Waals surface area contributed by atoms with Crippen LogP contribution in [0.1, 0.15) is 24.8 Å². The zero-order valence-corrected chi connectivity index (χ0v) is 10.3. The van der Waals surface area contributed by atoms with Crippen LogP contribution in [0.4, 0.5) is 8.78 Å². The van der Waals surface area contributed by atoms with Crippen molar-refractivity contribution in [3.05, 3.63) is 45.5 Å². The van der Waals surface area contributed by atoms with Crippen molar-refractivity contribution < 1.29 is 23.2 Å². The molecule has 1 aromatic carbocycles. The number of benzene rings is 1. The van der Waals surface area contributed by atoms with Gasteiger partial charge in [0.1, 0.15) is 0 Å². The molecule has 0 saturated heterocycles. The van der Waals surface area contributed by atoms with Crippen molar-refractivity contribution in [1.29, 1.82) is 0 Å². The molecule has 0 aliphatic carbocycles. The smallest absolute Gasteiger partial charge is 0.306 e. The minimum Gasteiger partial charge on any atom is -0.466 e. The molecule has 19 heavy (non-hydrogen) atoms. The Balaban J connectivity index is 2.91. The van der Waals surface area contributed by atoms with Crippen LogP contribution >= 0.6 is 0 Å². The van der Waals surface area contributed by atoms with E-state index in [9.17, 15) is 23.7 Å². The van der Waals surface area contributed by atoms with Crippen LogP contribution in [0.15, 0.2) is 18.2 Å². The van der Waals surface area contributed by atoms with Crippen LogP contribution in [0.25, 0.3) is 0 Å². The minimum absolute atomic E-state index is 0.155. The molecule has 0 fully saturated rings. The van der Waals surface area contributed by atoms with Gasteiger partial charge in [0.15, 0.2) is 11.6 Å². The standard InChI is InChI=1S/C12H13F2NO4/c1-2-19-12(16)6-9(7-15(17)18)8-3-4-10(13)11(14)5-8/h3-5,9H,2,6-7H2,1H3. The Labute approximate surface area is 108 Å². The lowest BCUT2D eigenvalue weighted by molar-refractivity contribution is -0.483. The molecular formula is C12H13F2NO4. The van der Waals surface area contributed by atoms with E-state index in [2.05, 4.69) is 0 Å². The number of esters is 1. The highest BCUT2D eigenvalue weighted by Gasteiger charge is 2.23. The number of rotatable bonds is 6. The van der Waals surface area contributed by atoms with Crippen molar-refractivity contribution in [3.8, 4) is 0 Å². The number of nitro groups is 1. The Morgan fingerprint density at radius 3 is 2.63 bits per heavy atom. The average Bonchev–Trinajstić information content (AvgIpc) is 2.31. The Morgan fingerprint density at radius 2 is 2.11 bits per heavy atom. The highest BCUT2D eigenvalue weighted by atomic mass is 19.2. The first kappa shape index (κ1) is 15.0. The van der Waals surface area contributed by atoms with Gasteiger partial charge in [-0.3, -0.25) is 14.9 Å². The maximum absolute atomic E-state index is 13.1. The van der Waals surface area contributed by atoms with Gasteiger partial charge in [-0.2, -0.15) is 0 Å². The van der Waals surface area contributed by atoms with Crippen LogP contribution < -0.4 is 0 Å². The van der Waals surface area contributed by atoms with Gasteiger partial charge in [0, 0.05) is 4.92 Å². The first-order valence-electron chi connectivity index (χ1n) is 5.66. The van der Waals surface area contributed by atoms with E-state index in [1.54, 1.807) is 6.92 Å². The largest absolute Gasteiger partial charge is 0.466 e. The predicted molar refractivity (Wildman–Crippen MR) is 62.2 cm³/mol. The summed E-state index contributed by atoms with van der Waals surface area (Å²) in [6.07, 6.45) is -0.250. The summed E-state index contributed by atoms with van der Waals surface area (Å²) in [6, 6.07) is 2.97. The summed E-state index contributed by atoms with van der Waals surface area (Å²) in [6.45, 7) is 1.21. The summed E-state index contributed by atoms with van der Waals surface area (Å²) in [7, 11) is 0. The lowest BCUT2D eigenvalue weighted by Crippen LogP contribution is -2.18. The molecule has 0 aliphatic heterocycles. The van der Waals surface area contributed by atoms with Crippen molar-refractivity contribution in [1.82, 2.24) is 0 Å². The van der Waals surface area contributed by atoms with E-state index in [0.29, 0.717) is 0 Å². The van der Waals surface area contributed by atoms with Gasteiger partial charge >= 0.3 is 5.97 Å². The SMILES string of the molecule is CCOC(=O)CC(C[N+](=O)[O-])c1ccc(F)c(F)c1. The topological polar surface area (TPSA) is 69.4 Å². The van der Waals surface area contributed by atoms with Crippen LogP contribution in [0, 0.1) is 21.7 Å². The molecule has 0 bridgehead atoms. The number of halogens is 2. The molecule has 0 spiro atoms. The molecule has 7 heteroatoms. The van der Waals surface area contributed by atoms with Crippen LogP contribution in [0.2, 0.25) is 0 Å². The molecule has 0 N–H and O–H groups in total. The summed E-state index contributed by atoms with van der Waals surface area (Å²) >= 11 is 0. The highest BCUT2D eigenvalue weighted by Crippen LogP contribution is 2.22. The normalized spacial score (nSPS) is 11.9. The van der Waals surface area contributed by atoms with Crippen LogP contribution in [0.3, 0.4) is 0 Å². The van der Waals surface area contributed by atoms with Gasteiger partial charge in [0.2, 0.25) is 6.54 Å². The molecule has 1 aromatic rings. The van der Waals surface area contributed by atoms with Gasteiger partial charge in [0.25, 0.3) is 0 Å². The van der Waals surface area contributed by atoms with E-state index >= 15 is 0 Å².